The van der Waals surface area contributed by atoms with Crippen LogP contribution in [0.3, 0.4) is 0 Å². The molecule has 0 bridgehead atoms. The Morgan fingerprint density at radius 2 is 2.64 bits per heavy atom. The molecule has 2 rings (SSSR count). The van der Waals surface area contributed by atoms with Gasteiger partial charge in [-0.05, 0) is 6.92 Å². The van der Waals surface area contributed by atoms with Crippen molar-refractivity contribution >= 4 is 6.09 Å². The number of amides is 1. The highest BCUT2D eigenvalue weighted by atomic mass is 16.6. The minimum absolute atomic E-state index is 0.0875. The van der Waals surface area contributed by atoms with E-state index in [9.17, 15) is 4.79 Å². The van der Waals surface area contributed by atoms with E-state index in [0.29, 0.717) is 6.61 Å². The van der Waals surface area contributed by atoms with Crippen LogP contribution >= 0.6 is 0 Å². The average Bonchev–Trinajstić information content (AvgIpc) is 2.76. The first-order chi connectivity index (χ1) is 6.79. The largest absolute Gasteiger partial charge is 0.447 e. The van der Waals surface area contributed by atoms with Crippen molar-refractivity contribution in [1.29, 1.82) is 0 Å². The Morgan fingerprint density at radius 1 is 1.79 bits per heavy atom. The SMILES string of the molecule is CCn1cncc1CC1COC(=O)N1. The Balaban J connectivity index is 2.00. The minimum atomic E-state index is -0.322. The molecule has 1 atom stereocenters. The fourth-order valence-corrected chi connectivity index (χ4v) is 1.59. The highest BCUT2D eigenvalue weighted by Gasteiger charge is 2.23. The normalized spacial score (nSPS) is 20.6. The highest BCUT2D eigenvalue weighted by Crippen LogP contribution is 2.07. The molecule has 1 amide bonds. The first-order valence-electron chi connectivity index (χ1n) is 4.72. The summed E-state index contributed by atoms with van der Waals surface area (Å²) in [6.45, 7) is 3.42. The molecule has 1 aromatic rings. The van der Waals surface area contributed by atoms with E-state index in [2.05, 4.69) is 21.8 Å². The molecular formula is C9H13N3O2. The standard InChI is InChI=1S/C9H13N3O2/c1-2-12-6-10-4-8(12)3-7-5-14-9(13)11-7/h4,6-7H,2-3,5H2,1H3,(H,11,13). The van der Waals surface area contributed by atoms with Crippen molar-refractivity contribution in [3.8, 4) is 0 Å². The molecular weight excluding hydrogens is 182 g/mol. The molecule has 0 aliphatic carbocycles. The Kier molecular flexibility index (Phi) is 2.39. The van der Waals surface area contributed by atoms with Gasteiger partial charge in [-0.15, -0.1) is 0 Å². The monoisotopic (exact) mass is 195 g/mol. The number of cyclic esters (lactones) is 1. The third-order valence-electron chi connectivity index (χ3n) is 2.33. The molecule has 1 aliphatic heterocycles. The Morgan fingerprint density at radius 3 is 3.29 bits per heavy atom. The van der Waals surface area contributed by atoms with Crippen molar-refractivity contribution in [1.82, 2.24) is 14.9 Å². The van der Waals surface area contributed by atoms with Gasteiger partial charge in [-0.1, -0.05) is 0 Å². The van der Waals surface area contributed by atoms with Crippen molar-refractivity contribution in [3.05, 3.63) is 18.2 Å². The molecule has 0 spiro atoms. The summed E-state index contributed by atoms with van der Waals surface area (Å²) >= 11 is 0. The Bertz CT molecular complexity index is 335. The minimum Gasteiger partial charge on any atom is -0.447 e. The lowest BCUT2D eigenvalue weighted by atomic mass is 10.2. The van der Waals surface area contributed by atoms with Crippen LogP contribution in [0.5, 0.6) is 0 Å². The lowest BCUT2D eigenvalue weighted by molar-refractivity contribution is 0.176. The van der Waals surface area contributed by atoms with Crippen LogP contribution in [0.15, 0.2) is 12.5 Å². The van der Waals surface area contributed by atoms with E-state index in [-0.39, 0.29) is 12.1 Å². The number of ether oxygens (including phenoxy) is 1. The van der Waals surface area contributed by atoms with E-state index in [0.717, 1.165) is 18.7 Å². The molecule has 14 heavy (non-hydrogen) atoms. The predicted octanol–water partition coefficient (Wildman–Crippen LogP) is 0.554. The van der Waals surface area contributed by atoms with Gasteiger partial charge in [-0.2, -0.15) is 0 Å². The van der Waals surface area contributed by atoms with E-state index in [1.165, 1.54) is 0 Å². The van der Waals surface area contributed by atoms with E-state index in [4.69, 9.17) is 4.74 Å². The smallest absolute Gasteiger partial charge is 0.407 e. The zero-order chi connectivity index (χ0) is 9.97. The molecule has 0 radical (unpaired) electrons. The van der Waals surface area contributed by atoms with Gasteiger partial charge in [0.15, 0.2) is 0 Å². The molecule has 1 N–H and O–H groups in total. The molecule has 1 aliphatic rings. The van der Waals surface area contributed by atoms with Gasteiger partial charge in [0, 0.05) is 24.9 Å². The molecule has 76 valence electrons. The molecule has 1 saturated heterocycles. The van der Waals surface area contributed by atoms with Crippen LogP contribution in [0.2, 0.25) is 0 Å². The van der Waals surface area contributed by atoms with Gasteiger partial charge in [0.05, 0.1) is 12.4 Å². The van der Waals surface area contributed by atoms with Crippen molar-refractivity contribution < 1.29 is 9.53 Å². The van der Waals surface area contributed by atoms with E-state index in [1.54, 1.807) is 6.33 Å². The Labute approximate surface area is 82.1 Å². The van der Waals surface area contributed by atoms with Crippen LogP contribution in [0, 0.1) is 0 Å². The summed E-state index contributed by atoms with van der Waals surface area (Å²) in [5.41, 5.74) is 1.13. The number of nitrogens with zero attached hydrogens (tertiary/aromatic N) is 2. The van der Waals surface area contributed by atoms with E-state index >= 15 is 0 Å². The number of hydrogen-bond acceptors (Lipinski definition) is 3. The van der Waals surface area contributed by atoms with Crippen molar-refractivity contribution in [3.63, 3.8) is 0 Å². The number of hydrogen-bond donors (Lipinski definition) is 1. The fraction of sp³-hybridized carbons (Fsp3) is 0.556. The molecule has 5 nitrogen and oxygen atoms in total. The molecule has 1 aromatic heterocycles. The molecule has 5 heteroatoms. The summed E-state index contributed by atoms with van der Waals surface area (Å²) in [4.78, 5) is 14.8. The van der Waals surface area contributed by atoms with Gasteiger partial charge in [0.25, 0.3) is 0 Å². The molecule has 0 aromatic carbocycles. The van der Waals surface area contributed by atoms with Crippen LogP contribution in [-0.4, -0.2) is 28.3 Å². The lowest BCUT2D eigenvalue weighted by Crippen LogP contribution is -2.29. The highest BCUT2D eigenvalue weighted by molar-refractivity contribution is 5.69. The summed E-state index contributed by atoms with van der Waals surface area (Å²) in [7, 11) is 0. The number of imidazole rings is 1. The number of rotatable bonds is 3. The summed E-state index contributed by atoms with van der Waals surface area (Å²) in [6, 6.07) is 0.0875. The van der Waals surface area contributed by atoms with Gasteiger partial charge in [0.2, 0.25) is 0 Å². The van der Waals surface area contributed by atoms with Crippen LogP contribution < -0.4 is 5.32 Å². The first-order valence-corrected chi connectivity index (χ1v) is 4.72. The summed E-state index contributed by atoms with van der Waals surface area (Å²) in [6.07, 6.45) is 4.08. The van der Waals surface area contributed by atoms with Gasteiger partial charge in [0.1, 0.15) is 6.61 Å². The topological polar surface area (TPSA) is 56.2 Å². The number of aromatic nitrogens is 2. The van der Waals surface area contributed by atoms with Gasteiger partial charge < -0.3 is 14.6 Å². The zero-order valence-electron chi connectivity index (χ0n) is 8.06. The van der Waals surface area contributed by atoms with E-state index in [1.807, 2.05) is 6.20 Å². The number of nitrogens with one attached hydrogen (secondary N) is 1. The third-order valence-corrected chi connectivity index (χ3v) is 2.33. The van der Waals surface area contributed by atoms with Gasteiger partial charge in [-0.3, -0.25) is 0 Å². The summed E-state index contributed by atoms with van der Waals surface area (Å²) in [5, 5.41) is 2.74. The van der Waals surface area contributed by atoms with Crippen molar-refractivity contribution in [2.24, 2.45) is 0 Å². The fourth-order valence-electron chi connectivity index (χ4n) is 1.59. The number of carbonyl (C=O) groups is 1. The second-order valence-corrected chi connectivity index (χ2v) is 3.31. The van der Waals surface area contributed by atoms with Crippen molar-refractivity contribution in [2.45, 2.75) is 25.9 Å². The maximum Gasteiger partial charge on any atom is 0.407 e. The van der Waals surface area contributed by atoms with Gasteiger partial charge in [-0.25, -0.2) is 9.78 Å². The second-order valence-electron chi connectivity index (χ2n) is 3.31. The van der Waals surface area contributed by atoms with Crippen molar-refractivity contribution in [2.75, 3.05) is 6.61 Å². The van der Waals surface area contributed by atoms with Crippen LogP contribution in [0.25, 0.3) is 0 Å². The van der Waals surface area contributed by atoms with Crippen LogP contribution in [0.1, 0.15) is 12.6 Å². The maximum absolute atomic E-state index is 10.8. The van der Waals surface area contributed by atoms with Gasteiger partial charge >= 0.3 is 6.09 Å². The lowest BCUT2D eigenvalue weighted by Gasteiger charge is -2.08. The molecule has 0 saturated carbocycles. The quantitative estimate of drug-likeness (QED) is 0.766. The third kappa shape index (κ3) is 1.71. The number of carbonyl (C=O) groups excluding carboxylic acids is 1. The summed E-state index contributed by atoms with van der Waals surface area (Å²) in [5.74, 6) is 0. The average molecular weight is 195 g/mol. The first kappa shape index (κ1) is 9.05. The predicted molar refractivity (Wildman–Crippen MR) is 49.9 cm³/mol. The maximum atomic E-state index is 10.8. The molecule has 1 unspecified atom stereocenters. The Hall–Kier alpha value is -1.52. The van der Waals surface area contributed by atoms with Crippen LogP contribution in [-0.2, 0) is 17.7 Å². The molecule has 1 fully saturated rings. The van der Waals surface area contributed by atoms with Crippen LogP contribution in [0.4, 0.5) is 4.79 Å². The summed E-state index contributed by atoms with van der Waals surface area (Å²) < 4.78 is 6.87. The molecule has 2 heterocycles. The zero-order valence-corrected chi connectivity index (χ0v) is 8.06. The second kappa shape index (κ2) is 3.69. The number of aryl methyl sites for hydroxylation is 1. The van der Waals surface area contributed by atoms with E-state index < -0.39 is 0 Å². The number of alkyl carbamates (subject to hydrolysis) is 1.